The molecule has 0 fully saturated rings. The predicted molar refractivity (Wildman–Crippen MR) is 79.5 cm³/mol. The molecule has 3 N–H and O–H groups in total. The van der Waals surface area contributed by atoms with Gasteiger partial charge in [0.25, 0.3) is 5.91 Å². The van der Waals surface area contributed by atoms with E-state index in [0.717, 1.165) is 18.2 Å². The Bertz CT molecular complexity index is 827. The molecule has 0 spiro atoms. The van der Waals surface area contributed by atoms with Crippen molar-refractivity contribution in [3.8, 4) is 17.6 Å². The fourth-order valence-electron chi connectivity index (χ4n) is 1.64. The SMILES string of the molecule is N#C/C(=C\c1cc(O)c(O)c(N=O)c1)C(=O)Nc1ccncn1. The third kappa shape index (κ3) is 3.64. The molecule has 9 heteroatoms. The van der Waals surface area contributed by atoms with Gasteiger partial charge in [-0.05, 0) is 35.0 Å². The van der Waals surface area contributed by atoms with Crippen LogP contribution in [0.15, 0.2) is 41.5 Å². The van der Waals surface area contributed by atoms with Gasteiger partial charge in [0.15, 0.2) is 17.2 Å². The number of aromatic nitrogens is 2. The molecule has 0 aliphatic heterocycles. The summed E-state index contributed by atoms with van der Waals surface area (Å²) in [5, 5.41) is 32.9. The lowest BCUT2D eigenvalue weighted by Gasteiger charge is -2.04. The smallest absolute Gasteiger partial charge is 0.267 e. The normalized spacial score (nSPS) is 10.7. The van der Waals surface area contributed by atoms with Gasteiger partial charge in [0.1, 0.15) is 23.8 Å². The maximum absolute atomic E-state index is 12.0. The molecule has 0 bridgehead atoms. The van der Waals surface area contributed by atoms with E-state index in [1.165, 1.54) is 18.6 Å². The van der Waals surface area contributed by atoms with E-state index in [4.69, 9.17) is 5.26 Å². The minimum Gasteiger partial charge on any atom is -0.504 e. The summed E-state index contributed by atoms with van der Waals surface area (Å²) >= 11 is 0. The number of hydrogen-bond acceptors (Lipinski definition) is 8. The molecular weight excluding hydrogens is 302 g/mol. The zero-order valence-electron chi connectivity index (χ0n) is 11.5. The Morgan fingerprint density at radius 3 is 2.78 bits per heavy atom. The van der Waals surface area contributed by atoms with Gasteiger partial charge >= 0.3 is 0 Å². The van der Waals surface area contributed by atoms with Crippen molar-refractivity contribution in [1.29, 1.82) is 5.26 Å². The second kappa shape index (κ2) is 6.77. The lowest BCUT2D eigenvalue weighted by molar-refractivity contribution is -0.112. The molecule has 1 aromatic heterocycles. The number of benzene rings is 1. The number of nitrogens with one attached hydrogen (secondary N) is 1. The summed E-state index contributed by atoms with van der Waals surface area (Å²) in [5.74, 6) is -1.81. The van der Waals surface area contributed by atoms with Gasteiger partial charge in [0, 0.05) is 6.20 Å². The monoisotopic (exact) mass is 311 g/mol. The second-order valence-electron chi connectivity index (χ2n) is 4.22. The first-order valence-corrected chi connectivity index (χ1v) is 6.13. The number of nitrogens with zero attached hydrogens (tertiary/aromatic N) is 4. The number of carbonyl (C=O) groups is 1. The molecule has 1 amide bonds. The standard InChI is InChI=1S/C14H9N5O4/c15-6-9(14(22)18-12-1-2-16-7-17-12)3-8-4-10(19-23)13(21)11(20)5-8/h1-5,7,20-21H,(H,16,17,18,22)/b9-3+. The minimum absolute atomic E-state index is 0.143. The van der Waals surface area contributed by atoms with Gasteiger partial charge in [-0.2, -0.15) is 5.26 Å². The summed E-state index contributed by atoms with van der Waals surface area (Å²) in [6.45, 7) is 0. The van der Waals surface area contributed by atoms with Crippen molar-refractivity contribution in [2.24, 2.45) is 5.18 Å². The van der Waals surface area contributed by atoms with E-state index in [2.05, 4.69) is 20.5 Å². The zero-order chi connectivity index (χ0) is 16.8. The van der Waals surface area contributed by atoms with Gasteiger partial charge in [-0.25, -0.2) is 9.97 Å². The highest BCUT2D eigenvalue weighted by atomic mass is 16.3. The number of hydrogen-bond donors (Lipinski definition) is 3. The summed E-state index contributed by atoms with van der Waals surface area (Å²) in [7, 11) is 0. The summed E-state index contributed by atoms with van der Waals surface area (Å²) < 4.78 is 0. The number of nitriles is 1. The van der Waals surface area contributed by atoms with Crippen LogP contribution in [0.1, 0.15) is 5.56 Å². The summed E-state index contributed by atoms with van der Waals surface area (Å²) in [6, 6.07) is 5.34. The van der Waals surface area contributed by atoms with Crippen molar-refractivity contribution in [3.63, 3.8) is 0 Å². The lowest BCUT2D eigenvalue weighted by Crippen LogP contribution is -2.14. The molecule has 0 saturated heterocycles. The molecule has 0 atom stereocenters. The van der Waals surface area contributed by atoms with Crippen molar-refractivity contribution in [2.75, 3.05) is 5.32 Å². The number of anilines is 1. The van der Waals surface area contributed by atoms with E-state index in [0.29, 0.717) is 0 Å². The van der Waals surface area contributed by atoms with Crippen molar-refractivity contribution in [2.45, 2.75) is 0 Å². The Labute approximate surface area is 129 Å². The molecule has 23 heavy (non-hydrogen) atoms. The van der Waals surface area contributed by atoms with Crippen molar-refractivity contribution >= 4 is 23.5 Å². The average molecular weight is 311 g/mol. The number of phenols is 2. The number of rotatable bonds is 4. The fourth-order valence-corrected chi connectivity index (χ4v) is 1.64. The highest BCUT2D eigenvalue weighted by Crippen LogP contribution is 2.37. The van der Waals surface area contributed by atoms with E-state index < -0.39 is 23.1 Å². The van der Waals surface area contributed by atoms with Crippen LogP contribution < -0.4 is 5.32 Å². The van der Waals surface area contributed by atoms with Crippen LogP contribution in [0.2, 0.25) is 0 Å². The van der Waals surface area contributed by atoms with Crippen molar-refractivity contribution in [3.05, 3.63) is 46.8 Å². The minimum atomic E-state index is -0.737. The summed E-state index contributed by atoms with van der Waals surface area (Å²) in [4.78, 5) is 30.0. The van der Waals surface area contributed by atoms with Gasteiger partial charge in [0.05, 0.1) is 0 Å². The number of carbonyl (C=O) groups excluding carboxylic acids is 1. The Balaban J connectivity index is 2.32. The molecule has 0 radical (unpaired) electrons. The van der Waals surface area contributed by atoms with E-state index in [1.807, 2.05) is 0 Å². The second-order valence-corrected chi connectivity index (χ2v) is 4.22. The Hall–Kier alpha value is -3.80. The van der Waals surface area contributed by atoms with E-state index in [-0.39, 0.29) is 17.0 Å². The quantitative estimate of drug-likeness (QED) is 0.337. The molecular formula is C14H9N5O4. The molecule has 1 heterocycles. The van der Waals surface area contributed by atoms with Crippen LogP contribution in [0, 0.1) is 16.2 Å². The maximum atomic E-state index is 12.0. The van der Waals surface area contributed by atoms with Crippen LogP contribution in [0.25, 0.3) is 6.08 Å². The average Bonchev–Trinajstić information content (AvgIpc) is 2.56. The largest absolute Gasteiger partial charge is 0.504 e. The van der Waals surface area contributed by atoms with Gasteiger partial charge in [0.2, 0.25) is 0 Å². The fraction of sp³-hybridized carbons (Fsp3) is 0. The van der Waals surface area contributed by atoms with E-state index >= 15 is 0 Å². The van der Waals surface area contributed by atoms with Crippen LogP contribution in [0.3, 0.4) is 0 Å². The van der Waals surface area contributed by atoms with Crippen LogP contribution in [0.5, 0.6) is 11.5 Å². The van der Waals surface area contributed by atoms with Crippen LogP contribution in [-0.4, -0.2) is 26.1 Å². The van der Waals surface area contributed by atoms with Crippen molar-refractivity contribution < 1.29 is 15.0 Å². The van der Waals surface area contributed by atoms with E-state index in [9.17, 15) is 19.9 Å². The topological polar surface area (TPSA) is 149 Å². The molecule has 1 aromatic carbocycles. The molecule has 9 nitrogen and oxygen atoms in total. The summed E-state index contributed by atoms with van der Waals surface area (Å²) in [5.41, 5.74) is -0.570. The number of amides is 1. The van der Waals surface area contributed by atoms with Gasteiger partial charge in [-0.15, -0.1) is 4.91 Å². The molecule has 0 saturated carbocycles. The Morgan fingerprint density at radius 2 is 2.17 bits per heavy atom. The molecule has 2 aromatic rings. The highest BCUT2D eigenvalue weighted by Gasteiger charge is 2.13. The first kappa shape index (κ1) is 15.6. The third-order valence-corrected chi connectivity index (χ3v) is 2.69. The van der Waals surface area contributed by atoms with Gasteiger partial charge in [-0.3, -0.25) is 4.79 Å². The Morgan fingerprint density at radius 1 is 1.39 bits per heavy atom. The zero-order valence-corrected chi connectivity index (χ0v) is 11.5. The maximum Gasteiger partial charge on any atom is 0.267 e. The molecule has 0 aliphatic carbocycles. The van der Waals surface area contributed by atoms with Crippen LogP contribution >= 0.6 is 0 Å². The molecule has 0 unspecified atom stereocenters. The van der Waals surface area contributed by atoms with Crippen molar-refractivity contribution in [1.82, 2.24) is 9.97 Å². The predicted octanol–water partition coefficient (Wildman–Crippen LogP) is 1.83. The molecule has 2 rings (SSSR count). The van der Waals surface area contributed by atoms with Crippen LogP contribution in [-0.2, 0) is 4.79 Å². The van der Waals surface area contributed by atoms with Crippen LogP contribution in [0.4, 0.5) is 11.5 Å². The third-order valence-electron chi connectivity index (χ3n) is 2.69. The lowest BCUT2D eigenvalue weighted by atomic mass is 10.1. The molecule has 114 valence electrons. The summed E-state index contributed by atoms with van der Waals surface area (Å²) in [6.07, 6.45) is 3.77. The van der Waals surface area contributed by atoms with Gasteiger partial charge < -0.3 is 15.5 Å². The highest BCUT2D eigenvalue weighted by molar-refractivity contribution is 6.09. The number of nitroso groups, excluding NO2 is 1. The first-order valence-electron chi connectivity index (χ1n) is 6.13. The first-order chi connectivity index (χ1) is 11.0. The van der Waals surface area contributed by atoms with Gasteiger partial charge in [-0.1, -0.05) is 0 Å². The Kier molecular flexibility index (Phi) is 4.59. The number of phenolic OH excluding ortho intramolecular Hbond substituents is 2. The molecule has 0 aliphatic rings. The van der Waals surface area contributed by atoms with E-state index in [1.54, 1.807) is 6.07 Å². The number of aromatic hydroxyl groups is 2.